The zero-order chi connectivity index (χ0) is 29.8. The molecule has 42 heavy (non-hydrogen) atoms. The smallest absolute Gasteiger partial charge is 0.255 e. The number of carbonyl (C=O) groups is 1. The molecule has 0 bridgehead atoms. The van der Waals surface area contributed by atoms with E-state index in [-0.39, 0.29) is 16.9 Å². The number of aromatic amines is 1. The first-order chi connectivity index (χ1) is 20.0. The summed E-state index contributed by atoms with van der Waals surface area (Å²) in [4.78, 5) is 16.4. The van der Waals surface area contributed by atoms with Crippen LogP contribution in [0.25, 0.3) is 55.7 Å². The zero-order valence-corrected chi connectivity index (χ0v) is 23.6. The summed E-state index contributed by atoms with van der Waals surface area (Å²) in [5.74, 6) is -0.638. The molecular weight excluding hydrogens is 559 g/mol. The lowest BCUT2D eigenvalue weighted by atomic mass is 9.99. The molecule has 0 aliphatic heterocycles. The van der Waals surface area contributed by atoms with E-state index in [1.165, 1.54) is 44.6 Å². The average Bonchev–Trinajstić information content (AvgIpc) is 3.58. The quantitative estimate of drug-likeness (QED) is 0.229. The van der Waals surface area contributed by atoms with Crippen molar-refractivity contribution in [2.45, 2.75) is 0 Å². The maximum atomic E-state index is 13.7. The highest BCUT2D eigenvalue weighted by molar-refractivity contribution is 7.92. The van der Waals surface area contributed by atoms with Gasteiger partial charge in [0.25, 0.3) is 5.91 Å². The molecule has 0 unspecified atom stereocenters. The second-order valence-electron chi connectivity index (χ2n) is 9.81. The number of sulfonamides is 1. The maximum Gasteiger partial charge on any atom is 0.255 e. The summed E-state index contributed by atoms with van der Waals surface area (Å²) in [7, 11) is -0.781. The van der Waals surface area contributed by atoms with Crippen LogP contribution in [0.1, 0.15) is 10.4 Å². The summed E-state index contributed by atoms with van der Waals surface area (Å²) >= 11 is 0. The number of furan rings is 1. The second-order valence-corrected chi connectivity index (χ2v) is 11.8. The summed E-state index contributed by atoms with van der Waals surface area (Å²) in [6.45, 7) is 0. The van der Waals surface area contributed by atoms with Gasteiger partial charge in [-0.05, 0) is 54.6 Å². The third kappa shape index (κ3) is 4.61. The molecule has 0 radical (unpaired) electrons. The lowest BCUT2D eigenvalue weighted by molar-refractivity contribution is 0.0964. The molecule has 0 fully saturated rings. The van der Waals surface area contributed by atoms with E-state index in [1.807, 2.05) is 18.2 Å². The molecular formula is C30H25FN6O4S. The number of hydrogen-bond donors (Lipinski definition) is 3. The molecule has 0 atom stereocenters. The predicted octanol–water partition coefficient (Wildman–Crippen LogP) is 5.18. The summed E-state index contributed by atoms with van der Waals surface area (Å²) in [5.41, 5.74) is 11.1. The molecule has 12 heteroatoms. The highest BCUT2D eigenvalue weighted by atomic mass is 32.2. The van der Waals surface area contributed by atoms with Gasteiger partial charge >= 0.3 is 0 Å². The number of carbonyl (C=O) groups excluding carboxylic acids is 1. The van der Waals surface area contributed by atoms with Gasteiger partial charge in [-0.15, -0.1) is 5.10 Å². The van der Waals surface area contributed by atoms with Gasteiger partial charge in [0, 0.05) is 58.8 Å². The summed E-state index contributed by atoms with van der Waals surface area (Å²) in [6, 6.07) is 18.0. The fourth-order valence-corrected chi connectivity index (χ4v) is 5.43. The van der Waals surface area contributed by atoms with Crippen molar-refractivity contribution in [1.82, 2.24) is 20.5 Å². The van der Waals surface area contributed by atoms with Crippen LogP contribution in [0.3, 0.4) is 0 Å². The molecule has 0 spiro atoms. The predicted molar refractivity (Wildman–Crippen MR) is 161 cm³/mol. The van der Waals surface area contributed by atoms with E-state index in [9.17, 15) is 17.6 Å². The van der Waals surface area contributed by atoms with Gasteiger partial charge in [-0.1, -0.05) is 6.07 Å². The minimum atomic E-state index is -3.71. The number of hydrogen-bond acceptors (Lipinski definition) is 7. The number of amides is 1. The number of nitrogens with two attached hydrogens (primary N) is 1. The van der Waals surface area contributed by atoms with Crippen molar-refractivity contribution in [1.29, 1.82) is 0 Å². The third-order valence-electron chi connectivity index (χ3n) is 7.14. The maximum absolute atomic E-state index is 13.7. The minimum absolute atomic E-state index is 0.221. The Morgan fingerprint density at radius 2 is 1.81 bits per heavy atom. The Hall–Kier alpha value is -5.23. The van der Waals surface area contributed by atoms with E-state index in [1.54, 1.807) is 24.3 Å². The number of anilines is 2. The number of nitrogens with zero attached hydrogens (tertiary/aromatic N) is 3. The van der Waals surface area contributed by atoms with Crippen molar-refractivity contribution in [2.24, 2.45) is 0 Å². The third-order valence-corrected chi connectivity index (χ3v) is 8.33. The first-order valence-corrected chi connectivity index (χ1v) is 14.6. The molecule has 0 aliphatic carbocycles. The number of H-pyrrole nitrogens is 1. The number of aromatic nitrogens is 3. The van der Waals surface area contributed by atoms with Gasteiger partial charge in [-0.25, -0.2) is 12.8 Å². The van der Waals surface area contributed by atoms with Crippen LogP contribution in [0.15, 0.2) is 77.3 Å². The summed E-state index contributed by atoms with van der Waals surface area (Å²) in [5, 5.41) is 12.4. The Balaban J connectivity index is 1.60. The fourth-order valence-electron chi connectivity index (χ4n) is 4.92. The lowest BCUT2D eigenvalue weighted by Gasteiger charge is -2.20. The molecule has 1 amide bonds. The molecule has 4 N–H and O–H groups in total. The van der Waals surface area contributed by atoms with Gasteiger partial charge in [0.2, 0.25) is 10.0 Å². The van der Waals surface area contributed by atoms with Crippen molar-refractivity contribution in [3.63, 3.8) is 0 Å². The Morgan fingerprint density at radius 1 is 1.05 bits per heavy atom. The van der Waals surface area contributed by atoms with E-state index in [0.29, 0.717) is 44.8 Å². The standard InChI is InChI=1S/C30H25FN6O4S/c1-33-30(38)28-21-12-19(17-11-25(36-34-15-17)24-13-20-22(32)5-4-6-23(20)35-24)26(37(2)42(3,39)40)14-27(21)41-29(28)16-7-9-18(31)10-8-16/h4-15,35H,32H2,1-3H3,(H,33,38). The lowest BCUT2D eigenvalue weighted by Crippen LogP contribution is -2.25. The Kier molecular flexibility index (Phi) is 6.42. The molecule has 0 saturated carbocycles. The highest BCUT2D eigenvalue weighted by Gasteiger charge is 2.26. The molecule has 3 heterocycles. The van der Waals surface area contributed by atoms with Crippen LogP contribution < -0.4 is 15.4 Å². The van der Waals surface area contributed by atoms with Crippen LogP contribution in [-0.4, -0.2) is 49.9 Å². The van der Waals surface area contributed by atoms with Crippen LogP contribution in [0.5, 0.6) is 0 Å². The van der Waals surface area contributed by atoms with Gasteiger partial charge in [0.05, 0.1) is 29.4 Å². The fraction of sp³-hybridized carbons (Fsp3) is 0.100. The first-order valence-electron chi connectivity index (χ1n) is 12.8. The van der Waals surface area contributed by atoms with Crippen molar-refractivity contribution < 1.29 is 22.0 Å². The summed E-state index contributed by atoms with van der Waals surface area (Å²) in [6.07, 6.45) is 2.61. The van der Waals surface area contributed by atoms with E-state index < -0.39 is 21.7 Å². The Bertz CT molecular complexity index is 2120. The molecule has 3 aromatic heterocycles. The number of fused-ring (bicyclic) bond motifs is 2. The zero-order valence-electron chi connectivity index (χ0n) is 22.8. The van der Waals surface area contributed by atoms with Crippen molar-refractivity contribution in [3.8, 4) is 33.8 Å². The number of nitrogens with one attached hydrogen (secondary N) is 2. The molecule has 0 saturated heterocycles. The minimum Gasteiger partial charge on any atom is -0.455 e. The van der Waals surface area contributed by atoms with Crippen LogP contribution in [-0.2, 0) is 10.0 Å². The number of benzene rings is 3. The second kappa shape index (κ2) is 10.00. The Morgan fingerprint density at radius 3 is 2.50 bits per heavy atom. The molecule has 6 rings (SSSR count). The molecule has 6 aromatic rings. The molecule has 0 aliphatic rings. The molecule has 212 valence electrons. The van der Waals surface area contributed by atoms with Crippen LogP contribution in [0.2, 0.25) is 0 Å². The van der Waals surface area contributed by atoms with E-state index >= 15 is 0 Å². The monoisotopic (exact) mass is 584 g/mol. The summed E-state index contributed by atoms with van der Waals surface area (Å²) < 4.78 is 46.3. The Labute approximate surface area is 240 Å². The van der Waals surface area contributed by atoms with Gasteiger partial charge in [-0.3, -0.25) is 9.10 Å². The van der Waals surface area contributed by atoms with Crippen molar-refractivity contribution in [3.05, 3.63) is 84.3 Å². The van der Waals surface area contributed by atoms with E-state index in [2.05, 4.69) is 20.5 Å². The van der Waals surface area contributed by atoms with Gasteiger partial charge in [-0.2, -0.15) is 5.10 Å². The topological polar surface area (TPSA) is 147 Å². The highest BCUT2D eigenvalue weighted by Crippen LogP contribution is 2.41. The normalized spacial score (nSPS) is 11.7. The number of rotatable bonds is 6. The van der Waals surface area contributed by atoms with Crippen LogP contribution >= 0.6 is 0 Å². The van der Waals surface area contributed by atoms with Crippen LogP contribution in [0, 0.1) is 5.82 Å². The average molecular weight is 585 g/mol. The number of nitrogen functional groups attached to an aromatic ring is 1. The largest absolute Gasteiger partial charge is 0.455 e. The molecule has 10 nitrogen and oxygen atoms in total. The molecule has 3 aromatic carbocycles. The van der Waals surface area contributed by atoms with Gasteiger partial charge < -0.3 is 20.5 Å². The van der Waals surface area contributed by atoms with Gasteiger partial charge in [0.15, 0.2) is 0 Å². The van der Waals surface area contributed by atoms with E-state index in [4.69, 9.17) is 10.2 Å². The SMILES string of the molecule is CNC(=O)c1c(-c2ccc(F)cc2)oc2cc(N(C)S(C)(=O)=O)c(-c3cnnc(-c4cc5c(N)cccc5[nH]4)c3)cc12. The number of halogens is 1. The van der Waals surface area contributed by atoms with Crippen LogP contribution in [0.4, 0.5) is 15.8 Å². The van der Waals surface area contributed by atoms with Crippen molar-refractivity contribution in [2.75, 3.05) is 30.4 Å². The van der Waals surface area contributed by atoms with E-state index in [0.717, 1.165) is 21.5 Å². The van der Waals surface area contributed by atoms with Crippen molar-refractivity contribution >= 4 is 49.2 Å². The van der Waals surface area contributed by atoms with Gasteiger partial charge in [0.1, 0.15) is 22.9 Å². The first kappa shape index (κ1) is 27.0.